The van der Waals surface area contributed by atoms with Crippen LogP contribution in [0.1, 0.15) is 31.8 Å². The highest BCUT2D eigenvalue weighted by molar-refractivity contribution is 7.16. The normalized spacial score (nSPS) is 18.6. The first-order valence-electron chi connectivity index (χ1n) is 9.82. The SMILES string of the molecule is Cc1ccc([NH+]2CCN(C(=O)c3ccc(C(=O)C(F)(F)F)s3)CC2C)cc1.O=C([O-])C(F)(F)F. The van der Waals surface area contributed by atoms with Crippen LogP contribution in [-0.2, 0) is 4.79 Å². The zero-order valence-corrected chi connectivity index (χ0v) is 18.7. The van der Waals surface area contributed by atoms with Gasteiger partial charge in [0, 0.05) is 0 Å². The van der Waals surface area contributed by atoms with Gasteiger partial charge < -0.3 is 14.8 Å². The second kappa shape index (κ2) is 10.6. The minimum absolute atomic E-state index is 0.154. The number of aryl methyl sites for hydroxylation is 1. The van der Waals surface area contributed by atoms with E-state index in [-0.39, 0.29) is 16.8 Å². The standard InChI is InChI=1S/C19H19F3N2O2S.C2HF3O2/c1-12-3-5-14(6-4-12)24-10-9-23(11-13(24)2)18(26)16-8-7-15(27-16)17(25)19(20,21)22;3-2(4,5)1(6)7/h3-8,13H,9-11H2,1-2H3;(H,6,7). The molecule has 2 atom stereocenters. The Morgan fingerprint density at radius 1 is 0.971 bits per heavy atom. The van der Waals surface area contributed by atoms with Crippen molar-refractivity contribution in [3.05, 3.63) is 51.7 Å². The van der Waals surface area contributed by atoms with Gasteiger partial charge in [0.1, 0.15) is 17.7 Å². The largest absolute Gasteiger partial charge is 0.542 e. The number of nitrogens with zero attached hydrogens (tertiary/aromatic N) is 1. The summed E-state index contributed by atoms with van der Waals surface area (Å²) in [6, 6.07) is 10.8. The summed E-state index contributed by atoms with van der Waals surface area (Å²) in [7, 11) is 0. The van der Waals surface area contributed by atoms with Gasteiger partial charge in [0.2, 0.25) is 0 Å². The van der Waals surface area contributed by atoms with E-state index in [4.69, 9.17) is 9.90 Å². The summed E-state index contributed by atoms with van der Waals surface area (Å²) in [5.41, 5.74) is 2.34. The number of halogens is 6. The number of alkyl halides is 6. The molecule has 1 saturated heterocycles. The van der Waals surface area contributed by atoms with Crippen molar-refractivity contribution in [2.24, 2.45) is 0 Å². The lowest BCUT2D eigenvalue weighted by Crippen LogP contribution is -3.14. The number of piperazine rings is 1. The number of carbonyl (C=O) groups excluding carboxylic acids is 3. The van der Waals surface area contributed by atoms with E-state index in [1.54, 1.807) is 4.90 Å². The van der Waals surface area contributed by atoms with Crippen molar-refractivity contribution >= 4 is 34.7 Å². The zero-order chi connectivity index (χ0) is 25.8. The first kappa shape index (κ1) is 27.3. The van der Waals surface area contributed by atoms with Crippen molar-refractivity contribution in [2.45, 2.75) is 32.2 Å². The van der Waals surface area contributed by atoms with Gasteiger partial charge in [-0.05, 0) is 38.1 Å². The zero-order valence-electron chi connectivity index (χ0n) is 17.9. The molecule has 2 heterocycles. The first-order chi connectivity index (χ1) is 15.6. The van der Waals surface area contributed by atoms with Crippen LogP contribution in [0.25, 0.3) is 0 Å². The van der Waals surface area contributed by atoms with Crippen LogP contribution in [-0.4, -0.2) is 60.6 Å². The fourth-order valence-corrected chi connectivity index (χ4v) is 4.22. The lowest BCUT2D eigenvalue weighted by atomic mass is 10.1. The van der Waals surface area contributed by atoms with Crippen LogP contribution < -0.4 is 10.0 Å². The molecule has 0 saturated carbocycles. The molecular weight excluding hydrogens is 490 g/mol. The highest BCUT2D eigenvalue weighted by atomic mass is 32.1. The average molecular weight is 510 g/mol. The molecule has 1 aromatic heterocycles. The maximum absolute atomic E-state index is 12.7. The molecule has 2 aromatic rings. The van der Waals surface area contributed by atoms with E-state index in [0.717, 1.165) is 18.3 Å². The lowest BCUT2D eigenvalue weighted by molar-refractivity contribution is -0.863. The fraction of sp³-hybridized carbons (Fsp3) is 0.381. The predicted octanol–water partition coefficient (Wildman–Crippen LogP) is 2.16. The summed E-state index contributed by atoms with van der Waals surface area (Å²) in [5, 5.41) is 8.78. The quantitative estimate of drug-likeness (QED) is 0.507. The van der Waals surface area contributed by atoms with Crippen LogP contribution in [0.2, 0.25) is 0 Å². The average Bonchev–Trinajstić information content (AvgIpc) is 3.22. The Kier molecular flexibility index (Phi) is 8.48. The van der Waals surface area contributed by atoms with E-state index >= 15 is 0 Å². The van der Waals surface area contributed by atoms with Crippen LogP contribution in [0, 0.1) is 6.92 Å². The van der Waals surface area contributed by atoms with Crippen molar-refractivity contribution in [3.63, 3.8) is 0 Å². The van der Waals surface area contributed by atoms with E-state index < -0.39 is 29.0 Å². The van der Waals surface area contributed by atoms with Crippen molar-refractivity contribution in [3.8, 4) is 0 Å². The van der Waals surface area contributed by atoms with Gasteiger partial charge in [-0.2, -0.15) is 26.3 Å². The summed E-state index contributed by atoms with van der Waals surface area (Å²) >= 11 is 0.602. The molecule has 1 N–H and O–H groups in total. The molecule has 34 heavy (non-hydrogen) atoms. The van der Waals surface area contributed by atoms with E-state index in [1.807, 2.05) is 13.8 Å². The molecule has 1 aromatic carbocycles. The molecule has 0 spiro atoms. The third kappa shape index (κ3) is 7.03. The molecule has 1 aliphatic rings. The molecule has 0 bridgehead atoms. The monoisotopic (exact) mass is 510 g/mol. The molecule has 2 unspecified atom stereocenters. The third-order valence-corrected chi connectivity index (χ3v) is 6.05. The first-order valence-corrected chi connectivity index (χ1v) is 10.6. The molecular formula is C21H20F6N2O4S. The molecule has 6 nitrogen and oxygen atoms in total. The highest BCUT2D eigenvalue weighted by Gasteiger charge is 2.40. The van der Waals surface area contributed by atoms with E-state index in [9.17, 15) is 35.9 Å². The molecule has 0 aliphatic carbocycles. The van der Waals surface area contributed by atoms with Gasteiger partial charge >= 0.3 is 12.4 Å². The number of Topliss-reactive ketones (excluding diaryl/α,β-unsaturated/α-hetero) is 1. The Labute approximate surface area is 194 Å². The number of hydrogen-bond donors (Lipinski definition) is 1. The van der Waals surface area contributed by atoms with Crippen molar-refractivity contribution in [2.75, 3.05) is 19.6 Å². The Balaban J connectivity index is 0.000000509. The number of carbonyl (C=O) groups is 3. The van der Waals surface area contributed by atoms with Crippen LogP contribution in [0.15, 0.2) is 36.4 Å². The van der Waals surface area contributed by atoms with Gasteiger partial charge in [0.15, 0.2) is 0 Å². The van der Waals surface area contributed by atoms with Gasteiger partial charge in [-0.3, -0.25) is 14.5 Å². The molecule has 1 amide bonds. The van der Waals surface area contributed by atoms with E-state index in [2.05, 4.69) is 24.3 Å². The lowest BCUT2D eigenvalue weighted by Gasteiger charge is -2.36. The molecule has 0 radical (unpaired) electrons. The number of nitrogens with one attached hydrogen (secondary N) is 1. The number of carboxylic acids is 1. The Morgan fingerprint density at radius 2 is 1.50 bits per heavy atom. The molecule has 13 heteroatoms. The predicted molar refractivity (Wildman–Crippen MR) is 108 cm³/mol. The van der Waals surface area contributed by atoms with Crippen molar-refractivity contribution in [1.82, 2.24) is 4.90 Å². The smallest absolute Gasteiger partial charge is 0.455 e. The Morgan fingerprint density at radius 3 is 1.97 bits per heavy atom. The topological polar surface area (TPSA) is 82.0 Å². The Bertz CT molecular complexity index is 1030. The minimum Gasteiger partial charge on any atom is -0.542 e. The summed E-state index contributed by atoms with van der Waals surface area (Å²) in [4.78, 5) is 35.4. The van der Waals surface area contributed by atoms with Gasteiger partial charge in [0.25, 0.3) is 11.7 Å². The number of hydrogen-bond acceptors (Lipinski definition) is 5. The Hall–Kier alpha value is -2.93. The number of quaternary nitrogens is 1. The number of ketones is 1. The van der Waals surface area contributed by atoms with E-state index in [1.165, 1.54) is 16.5 Å². The number of amides is 1. The van der Waals surface area contributed by atoms with Crippen molar-refractivity contribution < 1.29 is 50.7 Å². The van der Waals surface area contributed by atoms with Crippen LogP contribution in [0.5, 0.6) is 0 Å². The second-order valence-electron chi connectivity index (χ2n) is 7.57. The molecule has 186 valence electrons. The number of carboxylic acid groups (broad SMARTS) is 1. The highest BCUT2D eigenvalue weighted by Crippen LogP contribution is 2.27. The van der Waals surface area contributed by atoms with Gasteiger partial charge in [0.05, 0.1) is 29.4 Å². The van der Waals surface area contributed by atoms with Gasteiger partial charge in [-0.15, -0.1) is 11.3 Å². The molecule has 1 fully saturated rings. The van der Waals surface area contributed by atoms with Crippen LogP contribution in [0.3, 0.4) is 0 Å². The second-order valence-corrected chi connectivity index (χ2v) is 8.65. The van der Waals surface area contributed by atoms with Gasteiger partial charge in [-0.25, -0.2) is 0 Å². The van der Waals surface area contributed by atoms with Gasteiger partial charge in [-0.1, -0.05) is 17.7 Å². The minimum atomic E-state index is -5.19. The summed E-state index contributed by atoms with van der Waals surface area (Å²) in [5.74, 6) is -5.24. The maximum atomic E-state index is 12.7. The summed E-state index contributed by atoms with van der Waals surface area (Å²) < 4.78 is 69.2. The number of benzene rings is 1. The molecule has 3 rings (SSSR count). The fourth-order valence-electron chi connectivity index (χ4n) is 3.29. The number of aliphatic carboxylic acids is 1. The van der Waals surface area contributed by atoms with Crippen molar-refractivity contribution in [1.29, 1.82) is 0 Å². The maximum Gasteiger partial charge on any atom is 0.455 e. The summed E-state index contributed by atoms with van der Waals surface area (Å²) in [6.07, 6.45) is -10.1. The van der Waals surface area contributed by atoms with Crippen LogP contribution in [0.4, 0.5) is 32.0 Å². The van der Waals surface area contributed by atoms with E-state index in [0.29, 0.717) is 24.4 Å². The molecule has 1 aliphatic heterocycles. The number of rotatable bonds is 3. The van der Waals surface area contributed by atoms with Crippen LogP contribution >= 0.6 is 11.3 Å². The summed E-state index contributed by atoms with van der Waals surface area (Å²) in [6.45, 7) is 5.80. The third-order valence-electron chi connectivity index (χ3n) is 4.98. The number of thiophene rings is 1.